The average molecular weight is 390 g/mol. The second kappa shape index (κ2) is 5.80. The van der Waals surface area contributed by atoms with Gasteiger partial charge in [-0.3, -0.25) is 14.0 Å². The highest BCUT2D eigenvalue weighted by atomic mass is 32.1. The predicted molar refractivity (Wildman–Crippen MR) is 104 cm³/mol. The molecule has 9 heteroatoms. The summed E-state index contributed by atoms with van der Waals surface area (Å²) < 4.78 is 25.7. The Balaban J connectivity index is 1.89. The molecule has 7 nitrogen and oxygen atoms in total. The van der Waals surface area contributed by atoms with Crippen molar-refractivity contribution in [1.29, 1.82) is 0 Å². The van der Waals surface area contributed by atoms with Crippen LogP contribution in [-0.4, -0.2) is 53.7 Å². The van der Waals surface area contributed by atoms with Crippen LogP contribution in [0.5, 0.6) is 5.75 Å². The summed E-state index contributed by atoms with van der Waals surface area (Å²) in [6.45, 7) is 5.37. The highest BCUT2D eigenvalue weighted by molar-refractivity contribution is 7.12. The number of hydrogen-bond donors (Lipinski definition) is 1. The highest BCUT2D eigenvalue weighted by Crippen LogP contribution is 2.43. The molecule has 1 aromatic carbocycles. The monoisotopic (exact) mass is 390 g/mol. The number of nitrogens with one attached hydrogen (secondary N) is 1. The topological polar surface area (TPSA) is 70.6 Å². The van der Waals surface area contributed by atoms with E-state index in [1.54, 1.807) is 0 Å². The lowest BCUT2D eigenvalue weighted by atomic mass is 10.1. The van der Waals surface area contributed by atoms with Crippen molar-refractivity contribution in [2.45, 2.75) is 13.0 Å². The van der Waals surface area contributed by atoms with Gasteiger partial charge in [0.25, 0.3) is 5.56 Å². The standard InChI is InChI=1S/C18H19FN4O3S/c1-9-8-26-16-13-10(15(24)12-17(25)20-27-18(12)23(9)13)7-11(19)14(16)22-5-3-21(2)4-6-22/h7,9H,3-6,8H2,1-2H3,(H,20,25)/t9-/m0/s1. The number of halogens is 1. The van der Waals surface area contributed by atoms with E-state index in [0.29, 0.717) is 41.5 Å². The number of fused-ring (bicyclic) bond motifs is 2. The van der Waals surface area contributed by atoms with Crippen molar-refractivity contribution in [2.75, 3.05) is 44.7 Å². The Morgan fingerprint density at radius 1 is 1.26 bits per heavy atom. The van der Waals surface area contributed by atoms with E-state index in [2.05, 4.69) is 9.27 Å². The van der Waals surface area contributed by atoms with Gasteiger partial charge in [-0.2, -0.15) is 0 Å². The first-order valence-corrected chi connectivity index (χ1v) is 9.77. The largest absolute Gasteiger partial charge is 0.487 e. The van der Waals surface area contributed by atoms with Gasteiger partial charge in [-0.1, -0.05) is 0 Å². The number of nitrogens with zero attached hydrogens (tertiary/aromatic N) is 3. The van der Waals surface area contributed by atoms with Crippen LogP contribution in [0.1, 0.15) is 13.0 Å². The number of ether oxygens (including phenoxy) is 1. The van der Waals surface area contributed by atoms with Crippen LogP contribution < -0.4 is 20.6 Å². The summed E-state index contributed by atoms with van der Waals surface area (Å²) in [5.41, 5.74) is 0.130. The van der Waals surface area contributed by atoms with Crippen LogP contribution in [0.25, 0.3) is 21.1 Å². The van der Waals surface area contributed by atoms with Crippen LogP contribution in [-0.2, 0) is 0 Å². The normalized spacial score (nSPS) is 20.4. The molecule has 1 atom stereocenters. The van der Waals surface area contributed by atoms with Gasteiger partial charge in [0.05, 0.1) is 16.9 Å². The van der Waals surface area contributed by atoms with Gasteiger partial charge in [-0.05, 0) is 31.6 Å². The summed E-state index contributed by atoms with van der Waals surface area (Å²) in [5.74, 6) is -0.0706. The smallest absolute Gasteiger partial charge is 0.271 e. The van der Waals surface area contributed by atoms with Gasteiger partial charge in [0.1, 0.15) is 22.5 Å². The molecule has 27 heavy (non-hydrogen) atoms. The predicted octanol–water partition coefficient (Wildman–Crippen LogP) is 1.75. The van der Waals surface area contributed by atoms with E-state index in [1.165, 1.54) is 6.07 Å². The summed E-state index contributed by atoms with van der Waals surface area (Å²) in [6.07, 6.45) is 0. The van der Waals surface area contributed by atoms with Gasteiger partial charge in [0, 0.05) is 26.2 Å². The van der Waals surface area contributed by atoms with E-state index in [-0.39, 0.29) is 16.8 Å². The Hall–Kier alpha value is -2.39. The Labute approximate surface area is 157 Å². The Bertz CT molecular complexity index is 1190. The van der Waals surface area contributed by atoms with Gasteiger partial charge < -0.3 is 19.1 Å². The number of likely N-dealkylation sites (N-methyl/N-ethyl adjacent to an activating group) is 1. The van der Waals surface area contributed by atoms with Gasteiger partial charge in [0.15, 0.2) is 11.6 Å². The van der Waals surface area contributed by atoms with Crippen molar-refractivity contribution in [3.8, 4) is 5.75 Å². The number of piperazine rings is 1. The van der Waals surface area contributed by atoms with Crippen LogP contribution in [0.4, 0.5) is 10.1 Å². The summed E-state index contributed by atoms with van der Waals surface area (Å²) in [6, 6.07) is 1.20. The summed E-state index contributed by atoms with van der Waals surface area (Å²) >= 11 is 1.14. The average Bonchev–Trinajstić information content (AvgIpc) is 3.03. The molecule has 0 unspecified atom stereocenters. The van der Waals surface area contributed by atoms with E-state index in [1.807, 2.05) is 23.4 Å². The van der Waals surface area contributed by atoms with Gasteiger partial charge in [-0.15, -0.1) is 0 Å². The first kappa shape index (κ1) is 16.8. The van der Waals surface area contributed by atoms with E-state index in [9.17, 15) is 9.59 Å². The van der Waals surface area contributed by atoms with E-state index >= 15 is 4.39 Å². The molecule has 2 aliphatic rings. The van der Waals surface area contributed by atoms with E-state index in [0.717, 1.165) is 24.6 Å². The van der Waals surface area contributed by atoms with Crippen LogP contribution in [0.15, 0.2) is 15.7 Å². The fraction of sp³-hybridized carbons (Fsp3) is 0.444. The lowest BCUT2D eigenvalue weighted by Crippen LogP contribution is -2.45. The molecule has 3 aromatic rings. The molecule has 1 N–H and O–H groups in total. The molecule has 142 valence electrons. The molecule has 0 spiro atoms. The van der Waals surface area contributed by atoms with Crippen molar-refractivity contribution in [3.05, 3.63) is 32.5 Å². The molecule has 1 saturated heterocycles. The molecule has 4 heterocycles. The van der Waals surface area contributed by atoms with Crippen LogP contribution in [0, 0.1) is 5.82 Å². The number of H-pyrrole nitrogens is 1. The minimum atomic E-state index is -0.480. The van der Waals surface area contributed by atoms with Crippen molar-refractivity contribution in [1.82, 2.24) is 13.8 Å². The molecular formula is C18H19FN4O3S. The number of pyridine rings is 1. The first-order valence-electron chi connectivity index (χ1n) is 8.95. The number of aromatic amines is 1. The molecular weight excluding hydrogens is 371 g/mol. The van der Waals surface area contributed by atoms with E-state index in [4.69, 9.17) is 4.74 Å². The summed E-state index contributed by atoms with van der Waals surface area (Å²) in [5, 5.41) is 0.294. The minimum Gasteiger partial charge on any atom is -0.487 e. The summed E-state index contributed by atoms with van der Waals surface area (Å²) in [4.78, 5) is 29.9. The third-order valence-corrected chi connectivity index (χ3v) is 6.41. The fourth-order valence-corrected chi connectivity index (χ4v) is 5.03. The van der Waals surface area contributed by atoms with Crippen LogP contribution >= 0.6 is 11.5 Å². The molecule has 2 aliphatic heterocycles. The zero-order valence-electron chi connectivity index (χ0n) is 15.0. The Kier molecular flexibility index (Phi) is 3.60. The second-order valence-electron chi connectivity index (χ2n) is 7.30. The van der Waals surface area contributed by atoms with Crippen LogP contribution in [0.2, 0.25) is 0 Å². The SMILES string of the molecule is C[C@H]1COc2c(N3CCN(C)CC3)c(F)cc3c(=O)c4c(=O)[nH]sc4n1c23. The van der Waals surface area contributed by atoms with Gasteiger partial charge in [-0.25, -0.2) is 4.39 Å². The number of aromatic nitrogens is 2. The zero-order valence-corrected chi connectivity index (χ0v) is 15.9. The third kappa shape index (κ3) is 2.28. The van der Waals surface area contributed by atoms with Crippen molar-refractivity contribution in [2.24, 2.45) is 0 Å². The maximum absolute atomic E-state index is 15.1. The maximum atomic E-state index is 15.1. The Morgan fingerprint density at radius 2 is 2.00 bits per heavy atom. The Morgan fingerprint density at radius 3 is 2.74 bits per heavy atom. The van der Waals surface area contributed by atoms with E-state index < -0.39 is 16.8 Å². The molecule has 2 aromatic heterocycles. The number of rotatable bonds is 1. The molecule has 1 fully saturated rings. The van der Waals surface area contributed by atoms with Crippen LogP contribution in [0.3, 0.4) is 0 Å². The lowest BCUT2D eigenvalue weighted by Gasteiger charge is -2.37. The molecule has 0 saturated carbocycles. The maximum Gasteiger partial charge on any atom is 0.271 e. The van der Waals surface area contributed by atoms with Crippen molar-refractivity contribution < 1.29 is 9.13 Å². The molecule has 0 aliphatic carbocycles. The highest BCUT2D eigenvalue weighted by Gasteiger charge is 2.31. The van der Waals surface area contributed by atoms with Crippen molar-refractivity contribution >= 4 is 38.3 Å². The quantitative estimate of drug-likeness (QED) is 0.686. The molecule has 5 rings (SSSR count). The number of hydrogen-bond acceptors (Lipinski definition) is 6. The van der Waals surface area contributed by atoms with Gasteiger partial charge >= 0.3 is 0 Å². The molecule has 0 radical (unpaired) electrons. The fourth-order valence-electron chi connectivity index (χ4n) is 4.08. The third-order valence-electron chi connectivity index (χ3n) is 5.52. The number of anilines is 1. The van der Waals surface area contributed by atoms with Gasteiger partial charge in [0.2, 0.25) is 5.43 Å². The minimum absolute atomic E-state index is 0.0691. The molecule has 0 amide bonds. The second-order valence-corrected chi connectivity index (χ2v) is 8.09. The number of benzene rings is 1. The summed E-state index contributed by atoms with van der Waals surface area (Å²) in [7, 11) is 2.04. The lowest BCUT2D eigenvalue weighted by molar-refractivity contribution is 0.248. The molecule has 0 bridgehead atoms. The van der Waals surface area contributed by atoms with Crippen molar-refractivity contribution in [3.63, 3.8) is 0 Å². The first-order chi connectivity index (χ1) is 13.0. The zero-order chi connectivity index (χ0) is 18.9.